The van der Waals surface area contributed by atoms with Gasteiger partial charge >= 0.3 is 0 Å². The molecule has 1 amide bonds. The van der Waals surface area contributed by atoms with Gasteiger partial charge in [0, 0.05) is 43.0 Å². The number of sulfonamides is 1. The molecule has 2 aliphatic heterocycles. The Morgan fingerprint density at radius 3 is 2.42 bits per heavy atom. The lowest BCUT2D eigenvalue weighted by molar-refractivity contribution is -0.152. The quantitative estimate of drug-likeness (QED) is 0.416. The molecule has 0 radical (unpaired) electrons. The number of ether oxygens (including phenoxy) is 3. The predicted molar refractivity (Wildman–Crippen MR) is 145 cm³/mol. The van der Waals surface area contributed by atoms with E-state index < -0.39 is 16.3 Å². The Hall–Kier alpha value is -2.44. The van der Waals surface area contributed by atoms with E-state index in [1.54, 1.807) is 17.0 Å². The van der Waals surface area contributed by atoms with Crippen LogP contribution in [0.3, 0.4) is 0 Å². The van der Waals surface area contributed by atoms with Crippen molar-refractivity contribution in [3.63, 3.8) is 0 Å². The highest BCUT2D eigenvalue weighted by Crippen LogP contribution is 2.33. The van der Waals surface area contributed by atoms with E-state index in [0.29, 0.717) is 25.3 Å². The molecule has 38 heavy (non-hydrogen) atoms. The molecule has 1 saturated heterocycles. The van der Waals surface area contributed by atoms with Crippen molar-refractivity contribution in [1.82, 2.24) is 9.21 Å². The highest BCUT2D eigenvalue weighted by atomic mass is 79.9. The molecule has 2 atom stereocenters. The van der Waals surface area contributed by atoms with Crippen LogP contribution in [0.15, 0.2) is 69.7 Å². The smallest absolute Gasteiger partial charge is 0.288 e. The van der Waals surface area contributed by atoms with Crippen LogP contribution in [0.25, 0.3) is 0 Å². The standard InChI is InChI=1S/C27H33BrN2O7S/c1-35-23-8-10-24(11-9-23)38(33,34)30(14-16-31)15-17-36-26-19-21(20-4-6-22(28)7-5-20)18-25(37-26)27(32)29-12-2-3-13-29/h4-11,18,21,26,31H,2-3,12-17,19H2,1H3/t21-,26+/m0/s1. The molecule has 0 aliphatic carbocycles. The normalized spacial score (nSPS) is 19.8. The molecule has 2 heterocycles. The Morgan fingerprint density at radius 2 is 1.79 bits per heavy atom. The van der Waals surface area contributed by atoms with Crippen LogP contribution in [0.2, 0.25) is 0 Å². The number of aliphatic hydroxyl groups is 1. The highest BCUT2D eigenvalue weighted by molar-refractivity contribution is 9.10. The Morgan fingerprint density at radius 1 is 1.11 bits per heavy atom. The van der Waals surface area contributed by atoms with Crippen LogP contribution < -0.4 is 4.74 Å². The largest absolute Gasteiger partial charge is 0.497 e. The van der Waals surface area contributed by atoms with Gasteiger partial charge in [0.05, 0.1) is 25.2 Å². The molecule has 2 aromatic rings. The van der Waals surface area contributed by atoms with E-state index in [1.807, 2.05) is 30.3 Å². The number of aliphatic hydroxyl groups excluding tert-OH is 1. The average molecular weight is 610 g/mol. The fourth-order valence-corrected chi connectivity index (χ4v) is 6.26. The average Bonchev–Trinajstić information content (AvgIpc) is 3.47. The van der Waals surface area contributed by atoms with Gasteiger partial charge in [-0.1, -0.05) is 28.1 Å². The fourth-order valence-electron chi connectivity index (χ4n) is 4.58. The molecule has 206 valence electrons. The number of carbonyl (C=O) groups excluding carboxylic acids is 1. The molecular weight excluding hydrogens is 576 g/mol. The molecule has 1 N–H and O–H groups in total. The number of benzene rings is 2. The first-order chi connectivity index (χ1) is 18.3. The first-order valence-electron chi connectivity index (χ1n) is 12.6. The van der Waals surface area contributed by atoms with E-state index in [-0.39, 0.29) is 48.8 Å². The topological polar surface area (TPSA) is 106 Å². The van der Waals surface area contributed by atoms with Crippen molar-refractivity contribution < 1.29 is 32.5 Å². The molecule has 11 heteroatoms. The van der Waals surface area contributed by atoms with Gasteiger partial charge in [0.15, 0.2) is 5.76 Å². The number of hydrogen-bond donors (Lipinski definition) is 1. The summed E-state index contributed by atoms with van der Waals surface area (Å²) in [6, 6.07) is 14.0. The molecule has 2 aliphatic rings. The Bertz CT molecular complexity index is 1210. The van der Waals surface area contributed by atoms with E-state index in [9.17, 15) is 18.3 Å². The van der Waals surface area contributed by atoms with Gasteiger partial charge in [0.2, 0.25) is 16.3 Å². The van der Waals surface area contributed by atoms with Gasteiger partial charge in [-0.25, -0.2) is 8.42 Å². The predicted octanol–water partition coefficient (Wildman–Crippen LogP) is 3.49. The number of rotatable bonds is 11. The van der Waals surface area contributed by atoms with Gasteiger partial charge < -0.3 is 24.2 Å². The molecule has 9 nitrogen and oxygen atoms in total. The second-order valence-electron chi connectivity index (χ2n) is 9.15. The maximum atomic E-state index is 13.2. The van der Waals surface area contributed by atoms with Gasteiger partial charge in [-0.3, -0.25) is 4.79 Å². The maximum absolute atomic E-state index is 13.2. The second-order valence-corrected chi connectivity index (χ2v) is 12.0. The number of hydrogen-bond acceptors (Lipinski definition) is 7. The lowest BCUT2D eigenvalue weighted by Gasteiger charge is -2.31. The van der Waals surface area contributed by atoms with Gasteiger partial charge in [-0.15, -0.1) is 0 Å². The van der Waals surface area contributed by atoms with Gasteiger partial charge in [0.1, 0.15) is 5.75 Å². The van der Waals surface area contributed by atoms with E-state index in [1.165, 1.54) is 23.5 Å². The van der Waals surface area contributed by atoms with Crippen LogP contribution in [0.5, 0.6) is 5.75 Å². The third-order valence-corrected chi connectivity index (χ3v) is 9.09. The summed E-state index contributed by atoms with van der Waals surface area (Å²) in [6.45, 7) is 1.03. The molecule has 0 aromatic heterocycles. The summed E-state index contributed by atoms with van der Waals surface area (Å²) >= 11 is 3.46. The van der Waals surface area contributed by atoms with E-state index >= 15 is 0 Å². The Kier molecular flexibility index (Phi) is 9.83. The van der Waals surface area contributed by atoms with Crippen molar-refractivity contribution in [2.75, 3.05) is 46.5 Å². The van der Waals surface area contributed by atoms with Crippen LogP contribution in [-0.4, -0.2) is 81.4 Å². The lowest BCUT2D eigenvalue weighted by atomic mass is 9.93. The first-order valence-corrected chi connectivity index (χ1v) is 14.8. The summed E-state index contributed by atoms with van der Waals surface area (Å²) in [5.41, 5.74) is 1.03. The lowest BCUT2D eigenvalue weighted by Crippen LogP contribution is -2.38. The molecule has 1 fully saturated rings. The van der Waals surface area contributed by atoms with Gasteiger partial charge in [0.25, 0.3) is 5.91 Å². The highest BCUT2D eigenvalue weighted by Gasteiger charge is 2.32. The summed E-state index contributed by atoms with van der Waals surface area (Å²) in [5, 5.41) is 9.51. The number of likely N-dealkylation sites (tertiary alicyclic amines) is 1. The molecular formula is C27H33BrN2O7S. The zero-order valence-corrected chi connectivity index (χ0v) is 23.7. The van der Waals surface area contributed by atoms with Crippen molar-refractivity contribution in [3.05, 3.63) is 70.4 Å². The summed E-state index contributed by atoms with van der Waals surface area (Å²) in [7, 11) is -2.36. The monoisotopic (exact) mass is 608 g/mol. The van der Waals surface area contributed by atoms with E-state index in [2.05, 4.69) is 15.9 Å². The summed E-state index contributed by atoms with van der Waals surface area (Å²) in [6.07, 6.45) is 3.55. The Labute approximate surface area is 232 Å². The molecule has 0 bridgehead atoms. The second kappa shape index (κ2) is 13.1. The van der Waals surface area contributed by atoms with Crippen LogP contribution >= 0.6 is 15.9 Å². The zero-order valence-electron chi connectivity index (χ0n) is 21.3. The summed E-state index contributed by atoms with van der Waals surface area (Å²) in [5.74, 6) is 0.555. The van der Waals surface area contributed by atoms with Crippen LogP contribution in [-0.2, 0) is 24.3 Å². The number of allylic oxidation sites excluding steroid dienone is 1. The van der Waals surface area contributed by atoms with Crippen molar-refractivity contribution >= 4 is 31.9 Å². The fraction of sp³-hybridized carbons (Fsp3) is 0.444. The van der Waals surface area contributed by atoms with Crippen molar-refractivity contribution in [2.45, 2.75) is 36.4 Å². The van der Waals surface area contributed by atoms with E-state index in [0.717, 1.165) is 22.9 Å². The Balaban J connectivity index is 1.45. The summed E-state index contributed by atoms with van der Waals surface area (Å²) < 4.78 is 45.6. The number of halogens is 1. The number of carbonyl (C=O) groups is 1. The first kappa shape index (κ1) is 28.6. The minimum absolute atomic E-state index is 0.0108. The van der Waals surface area contributed by atoms with Gasteiger partial charge in [-0.2, -0.15) is 4.31 Å². The minimum atomic E-state index is -3.86. The minimum Gasteiger partial charge on any atom is -0.497 e. The third-order valence-electron chi connectivity index (χ3n) is 6.65. The van der Waals surface area contributed by atoms with Gasteiger partial charge in [-0.05, 0) is 60.9 Å². The number of methoxy groups -OCH3 is 1. The molecule has 0 saturated carbocycles. The van der Waals surface area contributed by atoms with Crippen LogP contribution in [0.4, 0.5) is 0 Å². The zero-order chi connectivity index (χ0) is 27.1. The van der Waals surface area contributed by atoms with E-state index in [4.69, 9.17) is 14.2 Å². The molecule has 0 spiro atoms. The van der Waals surface area contributed by atoms with Crippen molar-refractivity contribution in [3.8, 4) is 5.75 Å². The van der Waals surface area contributed by atoms with Crippen molar-refractivity contribution in [1.29, 1.82) is 0 Å². The molecule has 0 unspecified atom stereocenters. The van der Waals surface area contributed by atoms with Crippen molar-refractivity contribution in [2.24, 2.45) is 0 Å². The van der Waals surface area contributed by atoms with Crippen LogP contribution in [0.1, 0.15) is 30.7 Å². The third kappa shape index (κ3) is 6.95. The summed E-state index contributed by atoms with van der Waals surface area (Å²) in [4.78, 5) is 15.0. The van der Waals surface area contributed by atoms with Crippen LogP contribution in [0, 0.1) is 0 Å². The number of amides is 1. The molecule has 2 aromatic carbocycles. The number of nitrogens with zero attached hydrogens (tertiary/aromatic N) is 2. The SMILES string of the molecule is COc1ccc(S(=O)(=O)N(CCO)CCO[C@H]2C[C@@H](c3ccc(Br)cc3)C=C(C(=O)N3CCCC3)O2)cc1. The maximum Gasteiger partial charge on any atom is 0.288 e. The molecule has 4 rings (SSSR count).